The van der Waals surface area contributed by atoms with Gasteiger partial charge < -0.3 is 9.73 Å². The molecule has 0 bridgehead atoms. The third-order valence-electron chi connectivity index (χ3n) is 3.62. The fourth-order valence-electron chi connectivity index (χ4n) is 2.35. The molecule has 0 atom stereocenters. The van der Waals surface area contributed by atoms with Crippen LogP contribution in [-0.4, -0.2) is 22.2 Å². The first-order valence-electron chi connectivity index (χ1n) is 7.86. The van der Waals surface area contributed by atoms with Crippen LogP contribution in [0.2, 0.25) is 0 Å². The second kappa shape index (κ2) is 7.73. The second-order valence-corrected chi connectivity index (χ2v) is 5.57. The predicted octanol–water partition coefficient (Wildman–Crippen LogP) is 2.14. The molecule has 6 nitrogen and oxygen atoms in total. The van der Waals surface area contributed by atoms with Crippen molar-refractivity contribution < 1.29 is 18.0 Å². The van der Waals surface area contributed by atoms with Gasteiger partial charge in [0.1, 0.15) is 18.2 Å². The summed E-state index contributed by atoms with van der Waals surface area (Å²) in [6.07, 6.45) is 0.456. The van der Waals surface area contributed by atoms with Gasteiger partial charge in [-0.05, 0) is 48.4 Å². The van der Waals surface area contributed by atoms with E-state index >= 15 is 0 Å². The van der Waals surface area contributed by atoms with Gasteiger partial charge in [0.05, 0.1) is 0 Å². The lowest BCUT2D eigenvalue weighted by atomic mass is 10.1. The van der Waals surface area contributed by atoms with Crippen molar-refractivity contribution in [3.05, 3.63) is 76.3 Å². The van der Waals surface area contributed by atoms with Crippen LogP contribution in [-0.2, 0) is 17.8 Å². The molecule has 3 aromatic rings. The third kappa shape index (κ3) is 4.41. The molecule has 0 saturated heterocycles. The Kier molecular flexibility index (Phi) is 5.21. The van der Waals surface area contributed by atoms with Crippen LogP contribution in [0, 0.1) is 11.6 Å². The smallest absolute Gasteiger partial charge is 0.388 e. The van der Waals surface area contributed by atoms with E-state index in [1.807, 2.05) is 0 Å². The minimum Gasteiger partial charge on any atom is -0.388 e. The SMILES string of the molecule is O=C(Cn1nc(-c2ccc(F)cc2)oc1=O)NCCc1cccc(F)c1. The predicted molar refractivity (Wildman–Crippen MR) is 89.3 cm³/mol. The van der Waals surface area contributed by atoms with Crippen molar-refractivity contribution in [2.75, 3.05) is 6.54 Å². The number of carbonyl (C=O) groups is 1. The van der Waals surface area contributed by atoms with E-state index in [0.29, 0.717) is 18.5 Å². The van der Waals surface area contributed by atoms with Crippen molar-refractivity contribution in [1.82, 2.24) is 15.1 Å². The van der Waals surface area contributed by atoms with E-state index in [1.165, 1.54) is 36.4 Å². The van der Waals surface area contributed by atoms with Crippen molar-refractivity contribution in [1.29, 1.82) is 0 Å². The topological polar surface area (TPSA) is 77.1 Å². The lowest BCUT2D eigenvalue weighted by molar-refractivity contribution is -0.121. The molecule has 1 aromatic heterocycles. The van der Waals surface area contributed by atoms with Crippen molar-refractivity contribution in [2.45, 2.75) is 13.0 Å². The number of hydrogen-bond acceptors (Lipinski definition) is 4. The van der Waals surface area contributed by atoms with Crippen molar-refractivity contribution in [3.63, 3.8) is 0 Å². The largest absolute Gasteiger partial charge is 0.437 e. The summed E-state index contributed by atoms with van der Waals surface area (Å²) in [5.41, 5.74) is 1.18. The molecule has 26 heavy (non-hydrogen) atoms. The summed E-state index contributed by atoms with van der Waals surface area (Å²) < 4.78 is 31.9. The molecule has 0 spiro atoms. The van der Waals surface area contributed by atoms with Gasteiger partial charge in [-0.25, -0.2) is 13.6 Å². The molecule has 1 amide bonds. The monoisotopic (exact) mass is 359 g/mol. The summed E-state index contributed by atoms with van der Waals surface area (Å²) in [6, 6.07) is 11.4. The molecule has 0 radical (unpaired) electrons. The highest BCUT2D eigenvalue weighted by Gasteiger charge is 2.13. The fourth-order valence-corrected chi connectivity index (χ4v) is 2.35. The molecule has 8 heteroatoms. The first-order valence-corrected chi connectivity index (χ1v) is 7.86. The molecule has 134 valence electrons. The second-order valence-electron chi connectivity index (χ2n) is 5.57. The van der Waals surface area contributed by atoms with Gasteiger partial charge in [-0.3, -0.25) is 4.79 Å². The van der Waals surface area contributed by atoms with Gasteiger partial charge in [-0.1, -0.05) is 12.1 Å². The molecule has 1 N–H and O–H groups in total. The molecule has 2 aromatic carbocycles. The normalized spacial score (nSPS) is 10.7. The van der Waals surface area contributed by atoms with Gasteiger partial charge in [0.2, 0.25) is 11.8 Å². The average Bonchev–Trinajstić information content (AvgIpc) is 2.96. The van der Waals surface area contributed by atoms with E-state index in [-0.39, 0.29) is 18.3 Å². The summed E-state index contributed by atoms with van der Waals surface area (Å²) in [5, 5.41) is 6.56. The summed E-state index contributed by atoms with van der Waals surface area (Å²) >= 11 is 0. The van der Waals surface area contributed by atoms with Gasteiger partial charge in [0, 0.05) is 12.1 Å². The lowest BCUT2D eigenvalue weighted by Crippen LogP contribution is -2.32. The lowest BCUT2D eigenvalue weighted by Gasteiger charge is -2.04. The number of benzene rings is 2. The number of rotatable bonds is 6. The molecular formula is C18H15F2N3O3. The van der Waals surface area contributed by atoms with E-state index in [9.17, 15) is 18.4 Å². The van der Waals surface area contributed by atoms with Crippen LogP contribution in [0.4, 0.5) is 8.78 Å². The standard InChI is InChI=1S/C18H15F2N3O3/c19-14-6-4-13(5-7-14)17-22-23(18(25)26-17)11-16(24)21-9-8-12-2-1-3-15(20)10-12/h1-7,10H,8-9,11H2,(H,21,24). The van der Waals surface area contributed by atoms with Gasteiger partial charge in [-0.2, -0.15) is 4.68 Å². The van der Waals surface area contributed by atoms with Crippen molar-refractivity contribution >= 4 is 5.91 Å². The molecule has 3 rings (SSSR count). The Hall–Kier alpha value is -3.29. The Morgan fingerprint density at radius 1 is 1.12 bits per heavy atom. The average molecular weight is 359 g/mol. The van der Waals surface area contributed by atoms with Gasteiger partial charge >= 0.3 is 5.76 Å². The molecular weight excluding hydrogens is 344 g/mol. The Morgan fingerprint density at radius 2 is 1.88 bits per heavy atom. The minimum atomic E-state index is -0.787. The minimum absolute atomic E-state index is 0.00237. The van der Waals surface area contributed by atoms with Crippen LogP contribution in [0.15, 0.2) is 57.7 Å². The summed E-state index contributed by atoms with van der Waals surface area (Å²) in [7, 11) is 0. The fraction of sp³-hybridized carbons (Fsp3) is 0.167. The molecule has 0 aliphatic heterocycles. The molecule has 1 heterocycles. The zero-order valence-electron chi connectivity index (χ0n) is 13.6. The third-order valence-corrected chi connectivity index (χ3v) is 3.62. The Labute approximate surface area is 147 Å². The molecule has 0 unspecified atom stereocenters. The number of nitrogens with one attached hydrogen (secondary N) is 1. The van der Waals surface area contributed by atoms with Crippen LogP contribution in [0.1, 0.15) is 5.56 Å². The summed E-state index contributed by atoms with van der Waals surface area (Å²) in [4.78, 5) is 23.7. The number of hydrogen-bond donors (Lipinski definition) is 1. The first kappa shape index (κ1) is 17.5. The zero-order valence-corrected chi connectivity index (χ0v) is 13.6. The number of carbonyl (C=O) groups excluding carboxylic acids is 1. The summed E-state index contributed by atoms with van der Waals surface area (Å²) in [6.45, 7) is -0.0214. The van der Waals surface area contributed by atoms with Crippen LogP contribution in [0.25, 0.3) is 11.5 Å². The van der Waals surface area contributed by atoms with Crippen LogP contribution >= 0.6 is 0 Å². The number of nitrogens with zero attached hydrogens (tertiary/aromatic N) is 2. The van der Waals surface area contributed by atoms with Crippen molar-refractivity contribution in [3.8, 4) is 11.5 Å². The van der Waals surface area contributed by atoms with E-state index in [4.69, 9.17) is 4.42 Å². The van der Waals surface area contributed by atoms with Gasteiger partial charge in [0.25, 0.3) is 0 Å². The Bertz CT molecular complexity index is 964. The van der Waals surface area contributed by atoms with E-state index in [0.717, 1.165) is 10.2 Å². The number of amides is 1. The van der Waals surface area contributed by atoms with E-state index < -0.39 is 17.5 Å². The Balaban J connectivity index is 1.57. The molecule has 0 aliphatic carbocycles. The number of halogens is 2. The molecule has 0 aliphatic rings. The molecule has 0 fully saturated rings. The maximum atomic E-state index is 13.1. The zero-order chi connectivity index (χ0) is 18.5. The first-order chi connectivity index (χ1) is 12.5. The Morgan fingerprint density at radius 3 is 2.62 bits per heavy atom. The van der Waals surface area contributed by atoms with Crippen LogP contribution in [0.5, 0.6) is 0 Å². The van der Waals surface area contributed by atoms with Gasteiger partial charge in [-0.15, -0.1) is 5.10 Å². The van der Waals surface area contributed by atoms with Crippen LogP contribution < -0.4 is 11.1 Å². The van der Waals surface area contributed by atoms with Crippen LogP contribution in [0.3, 0.4) is 0 Å². The van der Waals surface area contributed by atoms with Gasteiger partial charge in [0.15, 0.2) is 0 Å². The van der Waals surface area contributed by atoms with Crippen molar-refractivity contribution in [2.24, 2.45) is 0 Å². The highest BCUT2D eigenvalue weighted by atomic mass is 19.1. The molecule has 0 saturated carbocycles. The maximum Gasteiger partial charge on any atom is 0.437 e. The highest BCUT2D eigenvalue weighted by molar-refractivity contribution is 5.75. The number of aromatic nitrogens is 2. The highest BCUT2D eigenvalue weighted by Crippen LogP contribution is 2.15. The van der Waals surface area contributed by atoms with E-state index in [1.54, 1.807) is 12.1 Å². The summed E-state index contributed by atoms with van der Waals surface area (Å²) in [5.74, 6) is -1.97. The maximum absolute atomic E-state index is 13.1. The van der Waals surface area contributed by atoms with E-state index in [2.05, 4.69) is 10.4 Å². The quantitative estimate of drug-likeness (QED) is 0.732.